The molecule has 0 heterocycles. The quantitative estimate of drug-likeness (QED) is 0.730. The minimum atomic E-state index is 0.418. The maximum atomic E-state index is 5.75. The Labute approximate surface area is 88.3 Å². The average Bonchev–Trinajstić information content (AvgIpc) is 2.26. The van der Waals surface area contributed by atoms with Crippen molar-refractivity contribution in [2.24, 2.45) is 0 Å². The molecule has 2 rings (SSSR count). The van der Waals surface area contributed by atoms with Crippen molar-refractivity contribution < 1.29 is 4.74 Å². The number of hydrogen-bond donors (Lipinski definition) is 2. The van der Waals surface area contributed by atoms with Gasteiger partial charge in [0.25, 0.3) is 0 Å². The van der Waals surface area contributed by atoms with Gasteiger partial charge in [-0.3, -0.25) is 0 Å². The molecule has 1 radical (unpaired) electrons. The van der Waals surface area contributed by atoms with Gasteiger partial charge in [-0.05, 0) is 24.3 Å². The van der Waals surface area contributed by atoms with Gasteiger partial charge in [-0.15, -0.1) is 0 Å². The fourth-order valence-electron chi connectivity index (χ4n) is 1.20. The number of nitrogen functional groups attached to an aromatic ring is 2. The van der Waals surface area contributed by atoms with E-state index in [0.29, 0.717) is 22.9 Å². The molecule has 0 fully saturated rings. The highest BCUT2D eigenvalue weighted by Crippen LogP contribution is 2.30. The summed E-state index contributed by atoms with van der Waals surface area (Å²) in [7, 11) is 0. The predicted octanol–water partition coefficient (Wildman–Crippen LogP) is 2.44. The number of ether oxygens (including phenoxy) is 1. The van der Waals surface area contributed by atoms with E-state index in [1.165, 1.54) is 0 Å². The number of para-hydroxylation sites is 1. The van der Waals surface area contributed by atoms with Gasteiger partial charge in [0.05, 0.1) is 11.4 Å². The van der Waals surface area contributed by atoms with Crippen LogP contribution in [0, 0.1) is 6.07 Å². The first-order chi connectivity index (χ1) is 7.27. The molecule has 0 aliphatic carbocycles. The van der Waals surface area contributed by atoms with E-state index in [-0.39, 0.29) is 0 Å². The first-order valence-electron chi connectivity index (χ1n) is 4.56. The number of anilines is 2. The van der Waals surface area contributed by atoms with Crippen molar-refractivity contribution in [3.63, 3.8) is 0 Å². The SMILES string of the molecule is Nc1cc[c]c(Oc2ccccc2)c1N. The zero-order valence-electron chi connectivity index (χ0n) is 8.10. The molecular formula is C12H11N2O. The van der Waals surface area contributed by atoms with Crippen molar-refractivity contribution in [3.8, 4) is 11.5 Å². The van der Waals surface area contributed by atoms with Crippen molar-refractivity contribution in [2.45, 2.75) is 0 Å². The van der Waals surface area contributed by atoms with E-state index in [1.807, 2.05) is 30.3 Å². The second kappa shape index (κ2) is 3.92. The highest BCUT2D eigenvalue weighted by molar-refractivity contribution is 5.70. The van der Waals surface area contributed by atoms with Crippen LogP contribution < -0.4 is 16.2 Å². The minimum absolute atomic E-state index is 0.418. The van der Waals surface area contributed by atoms with Gasteiger partial charge in [-0.25, -0.2) is 0 Å². The Morgan fingerprint density at radius 3 is 2.47 bits per heavy atom. The largest absolute Gasteiger partial charge is 0.454 e. The number of benzene rings is 2. The Kier molecular flexibility index (Phi) is 2.46. The molecule has 2 aromatic carbocycles. The normalized spacial score (nSPS) is 9.87. The Morgan fingerprint density at radius 2 is 1.73 bits per heavy atom. The first-order valence-corrected chi connectivity index (χ1v) is 4.56. The van der Waals surface area contributed by atoms with Gasteiger partial charge < -0.3 is 16.2 Å². The molecule has 2 aromatic rings. The molecule has 4 N–H and O–H groups in total. The molecule has 75 valence electrons. The lowest BCUT2D eigenvalue weighted by Crippen LogP contribution is -1.97. The summed E-state index contributed by atoms with van der Waals surface area (Å²) in [5.74, 6) is 1.17. The third kappa shape index (κ3) is 2.02. The van der Waals surface area contributed by atoms with E-state index < -0.39 is 0 Å². The van der Waals surface area contributed by atoms with Crippen LogP contribution in [-0.4, -0.2) is 0 Å². The Bertz CT molecular complexity index is 454. The van der Waals surface area contributed by atoms with Gasteiger partial charge in [0, 0.05) is 6.07 Å². The monoisotopic (exact) mass is 199 g/mol. The fraction of sp³-hybridized carbons (Fsp3) is 0. The van der Waals surface area contributed by atoms with Crippen molar-refractivity contribution in [1.29, 1.82) is 0 Å². The Hall–Kier alpha value is -2.16. The lowest BCUT2D eigenvalue weighted by atomic mass is 10.2. The molecule has 0 aromatic heterocycles. The zero-order chi connectivity index (χ0) is 10.7. The summed E-state index contributed by atoms with van der Waals surface area (Å²) in [6, 6.07) is 15.6. The number of rotatable bonds is 2. The van der Waals surface area contributed by atoms with Crippen LogP contribution in [0.2, 0.25) is 0 Å². The second-order valence-corrected chi connectivity index (χ2v) is 3.09. The predicted molar refractivity (Wildman–Crippen MR) is 60.6 cm³/mol. The van der Waals surface area contributed by atoms with Gasteiger partial charge in [-0.1, -0.05) is 18.2 Å². The van der Waals surface area contributed by atoms with Gasteiger partial charge >= 0.3 is 0 Å². The average molecular weight is 199 g/mol. The van der Waals surface area contributed by atoms with Crippen LogP contribution >= 0.6 is 0 Å². The molecule has 3 heteroatoms. The molecule has 0 spiro atoms. The van der Waals surface area contributed by atoms with Crippen molar-refractivity contribution in [1.82, 2.24) is 0 Å². The summed E-state index contributed by atoms with van der Waals surface area (Å²) in [4.78, 5) is 0. The molecule has 0 aliphatic rings. The molecule has 0 saturated carbocycles. The fourth-order valence-corrected chi connectivity index (χ4v) is 1.20. The molecule has 0 saturated heterocycles. The Balaban J connectivity index is 2.29. The van der Waals surface area contributed by atoms with Gasteiger partial charge in [0.1, 0.15) is 5.75 Å². The van der Waals surface area contributed by atoms with Crippen LogP contribution in [0.15, 0.2) is 42.5 Å². The molecular weight excluding hydrogens is 188 g/mol. The maximum absolute atomic E-state index is 5.75. The third-order valence-corrected chi connectivity index (χ3v) is 2.00. The summed E-state index contributed by atoms with van der Waals surface area (Å²) >= 11 is 0. The molecule has 0 aliphatic heterocycles. The van der Waals surface area contributed by atoms with Gasteiger partial charge in [0.2, 0.25) is 0 Å². The summed E-state index contributed by atoms with van der Waals surface area (Å²) in [5, 5.41) is 0. The van der Waals surface area contributed by atoms with Crippen LogP contribution in [0.4, 0.5) is 11.4 Å². The smallest absolute Gasteiger partial charge is 0.160 e. The van der Waals surface area contributed by atoms with Crippen molar-refractivity contribution >= 4 is 11.4 Å². The van der Waals surface area contributed by atoms with Crippen LogP contribution in [0.5, 0.6) is 11.5 Å². The highest BCUT2D eigenvalue weighted by Gasteiger charge is 2.04. The van der Waals surface area contributed by atoms with E-state index in [4.69, 9.17) is 16.2 Å². The van der Waals surface area contributed by atoms with Crippen LogP contribution in [0.1, 0.15) is 0 Å². The summed E-state index contributed by atoms with van der Waals surface area (Å²) in [6.45, 7) is 0. The minimum Gasteiger partial charge on any atom is -0.454 e. The van der Waals surface area contributed by atoms with Crippen LogP contribution in [0.25, 0.3) is 0 Å². The van der Waals surface area contributed by atoms with Crippen molar-refractivity contribution in [3.05, 3.63) is 48.5 Å². The molecule has 0 amide bonds. The maximum Gasteiger partial charge on any atom is 0.160 e. The molecule has 0 unspecified atom stereocenters. The second-order valence-electron chi connectivity index (χ2n) is 3.09. The molecule has 3 nitrogen and oxygen atoms in total. The first kappa shape index (κ1) is 9.40. The molecule has 15 heavy (non-hydrogen) atoms. The highest BCUT2D eigenvalue weighted by atomic mass is 16.5. The van der Waals surface area contributed by atoms with E-state index in [1.54, 1.807) is 12.1 Å². The van der Waals surface area contributed by atoms with Crippen LogP contribution in [-0.2, 0) is 0 Å². The van der Waals surface area contributed by atoms with E-state index in [0.717, 1.165) is 0 Å². The van der Waals surface area contributed by atoms with Gasteiger partial charge in [0.15, 0.2) is 5.75 Å². The number of nitrogens with two attached hydrogens (primary N) is 2. The molecule has 0 atom stereocenters. The molecule has 0 bridgehead atoms. The standard InChI is InChI=1S/C12H11N2O/c13-10-7-4-8-11(12(10)14)15-9-5-2-1-3-6-9/h1-7H,13-14H2. The Morgan fingerprint density at radius 1 is 1.00 bits per heavy atom. The summed E-state index contributed by atoms with van der Waals surface area (Å²) in [6.07, 6.45) is 0. The van der Waals surface area contributed by atoms with Crippen LogP contribution in [0.3, 0.4) is 0 Å². The number of hydrogen-bond acceptors (Lipinski definition) is 3. The van der Waals surface area contributed by atoms with E-state index >= 15 is 0 Å². The topological polar surface area (TPSA) is 61.3 Å². The van der Waals surface area contributed by atoms with Crippen molar-refractivity contribution in [2.75, 3.05) is 11.5 Å². The third-order valence-electron chi connectivity index (χ3n) is 2.00. The van der Waals surface area contributed by atoms with E-state index in [9.17, 15) is 0 Å². The zero-order valence-corrected chi connectivity index (χ0v) is 8.10. The lowest BCUT2D eigenvalue weighted by molar-refractivity contribution is 0.484. The summed E-state index contributed by atoms with van der Waals surface area (Å²) < 4.78 is 5.53. The summed E-state index contributed by atoms with van der Waals surface area (Å²) in [5.41, 5.74) is 12.3. The van der Waals surface area contributed by atoms with Gasteiger partial charge in [-0.2, -0.15) is 0 Å². The lowest BCUT2D eigenvalue weighted by Gasteiger charge is -2.08. The van der Waals surface area contributed by atoms with E-state index in [2.05, 4.69) is 6.07 Å².